The molecule has 1 heterocycles. The molecule has 0 N–H and O–H groups in total. The van der Waals surface area contributed by atoms with Crippen LogP contribution in [0, 0.1) is 0 Å². The smallest absolute Gasteiger partial charge is 0.264 e. The number of hydrogen-bond donors (Lipinski definition) is 0. The van der Waals surface area contributed by atoms with E-state index in [-0.39, 0.29) is 12.4 Å². The van der Waals surface area contributed by atoms with Crippen LogP contribution in [0.1, 0.15) is 35.9 Å². The predicted molar refractivity (Wildman–Crippen MR) is 71.0 cm³/mol. The Morgan fingerprint density at radius 1 is 1.40 bits per heavy atom. The number of aromatic nitrogens is 2. The predicted octanol–water partition coefficient (Wildman–Crippen LogP) is 2.42. The molecule has 0 saturated heterocycles. The van der Waals surface area contributed by atoms with Gasteiger partial charge in [-0.2, -0.15) is 4.98 Å². The summed E-state index contributed by atoms with van der Waals surface area (Å²) < 4.78 is 15.7. The molecule has 0 aliphatic rings. The third kappa shape index (κ3) is 3.14. The van der Waals surface area contributed by atoms with Gasteiger partial charge in [-0.3, -0.25) is 4.79 Å². The molecule has 0 bridgehead atoms. The van der Waals surface area contributed by atoms with Crippen molar-refractivity contribution in [3.63, 3.8) is 0 Å². The van der Waals surface area contributed by atoms with E-state index in [0.29, 0.717) is 35.2 Å². The lowest BCUT2D eigenvalue weighted by atomic mass is 10.1. The number of ether oxygens (including phenoxy) is 2. The lowest BCUT2D eigenvalue weighted by Crippen LogP contribution is -2.02. The first-order valence-electron chi connectivity index (χ1n) is 6.27. The van der Waals surface area contributed by atoms with Gasteiger partial charge in [-0.1, -0.05) is 12.1 Å². The minimum atomic E-state index is -0.0811. The number of methoxy groups -OCH3 is 1. The summed E-state index contributed by atoms with van der Waals surface area (Å²) in [5, 5.41) is 3.78. The molecule has 0 aliphatic carbocycles. The number of benzene rings is 1. The standard InChI is InChI=1S/C14H16N2O4/c1-4-13-15-14(20-16-13)8-19-12-7-10(18-3)5-6-11(12)9(2)17/h5-7H,4,8H2,1-3H3. The highest BCUT2D eigenvalue weighted by Gasteiger charge is 2.12. The van der Waals surface area contributed by atoms with Crippen LogP contribution < -0.4 is 9.47 Å². The van der Waals surface area contributed by atoms with Gasteiger partial charge in [0, 0.05) is 12.5 Å². The second-order valence-corrected chi connectivity index (χ2v) is 4.16. The van der Waals surface area contributed by atoms with Gasteiger partial charge in [0.25, 0.3) is 5.89 Å². The molecule has 0 aliphatic heterocycles. The van der Waals surface area contributed by atoms with E-state index in [1.807, 2.05) is 6.92 Å². The van der Waals surface area contributed by atoms with Crippen LogP contribution in [0.3, 0.4) is 0 Å². The van der Waals surface area contributed by atoms with Gasteiger partial charge in [0.2, 0.25) is 0 Å². The zero-order chi connectivity index (χ0) is 14.5. The summed E-state index contributed by atoms with van der Waals surface area (Å²) in [5.41, 5.74) is 0.487. The van der Waals surface area contributed by atoms with E-state index >= 15 is 0 Å². The third-order valence-electron chi connectivity index (χ3n) is 2.75. The third-order valence-corrected chi connectivity index (χ3v) is 2.75. The molecule has 0 spiro atoms. The van der Waals surface area contributed by atoms with E-state index in [4.69, 9.17) is 14.0 Å². The van der Waals surface area contributed by atoms with Gasteiger partial charge in [-0.25, -0.2) is 0 Å². The molecule has 106 valence electrons. The van der Waals surface area contributed by atoms with Crippen molar-refractivity contribution in [1.82, 2.24) is 10.1 Å². The molecule has 2 aromatic rings. The summed E-state index contributed by atoms with van der Waals surface area (Å²) in [6, 6.07) is 5.04. The van der Waals surface area contributed by atoms with Crippen LogP contribution in [0.25, 0.3) is 0 Å². The maximum absolute atomic E-state index is 11.6. The number of hydrogen-bond acceptors (Lipinski definition) is 6. The minimum absolute atomic E-state index is 0.0811. The maximum atomic E-state index is 11.6. The Kier molecular flexibility index (Phi) is 4.34. The van der Waals surface area contributed by atoms with Crippen molar-refractivity contribution in [1.29, 1.82) is 0 Å². The lowest BCUT2D eigenvalue weighted by Gasteiger charge is -2.09. The second kappa shape index (κ2) is 6.18. The first kappa shape index (κ1) is 14.0. The Hall–Kier alpha value is -2.37. The largest absolute Gasteiger partial charge is 0.497 e. The molecular formula is C14H16N2O4. The summed E-state index contributed by atoms with van der Waals surface area (Å²) in [5.74, 6) is 1.97. The van der Waals surface area contributed by atoms with E-state index in [0.717, 1.165) is 0 Å². The van der Waals surface area contributed by atoms with Gasteiger partial charge < -0.3 is 14.0 Å². The average molecular weight is 276 g/mol. The van der Waals surface area contributed by atoms with Gasteiger partial charge in [-0.15, -0.1) is 0 Å². The molecule has 1 aromatic carbocycles. The van der Waals surface area contributed by atoms with E-state index in [1.54, 1.807) is 25.3 Å². The second-order valence-electron chi connectivity index (χ2n) is 4.16. The maximum Gasteiger partial charge on any atom is 0.264 e. The fraction of sp³-hybridized carbons (Fsp3) is 0.357. The quantitative estimate of drug-likeness (QED) is 0.754. The molecule has 0 fully saturated rings. The number of rotatable bonds is 6. The van der Waals surface area contributed by atoms with Crippen molar-refractivity contribution in [3.8, 4) is 11.5 Å². The average Bonchev–Trinajstić information content (AvgIpc) is 2.92. The van der Waals surface area contributed by atoms with Crippen LogP contribution in [0.4, 0.5) is 0 Å². The summed E-state index contributed by atoms with van der Waals surface area (Å²) in [6.07, 6.45) is 0.696. The summed E-state index contributed by atoms with van der Waals surface area (Å²) in [4.78, 5) is 15.7. The fourth-order valence-electron chi connectivity index (χ4n) is 1.67. The number of Topliss-reactive ketones (excluding diaryl/α,β-unsaturated/α-hetero) is 1. The van der Waals surface area contributed by atoms with Gasteiger partial charge in [0.05, 0.1) is 12.7 Å². The first-order valence-corrected chi connectivity index (χ1v) is 6.27. The molecule has 20 heavy (non-hydrogen) atoms. The highest BCUT2D eigenvalue weighted by molar-refractivity contribution is 5.97. The van der Waals surface area contributed by atoms with Crippen LogP contribution in [-0.2, 0) is 13.0 Å². The van der Waals surface area contributed by atoms with Crippen molar-refractivity contribution < 1.29 is 18.8 Å². The van der Waals surface area contributed by atoms with Crippen LogP contribution in [0.5, 0.6) is 11.5 Å². The monoisotopic (exact) mass is 276 g/mol. The molecule has 0 unspecified atom stereocenters. The number of carbonyl (C=O) groups excluding carboxylic acids is 1. The highest BCUT2D eigenvalue weighted by atomic mass is 16.5. The van der Waals surface area contributed by atoms with Crippen LogP contribution in [-0.4, -0.2) is 23.0 Å². The molecular weight excluding hydrogens is 260 g/mol. The van der Waals surface area contributed by atoms with E-state index in [1.165, 1.54) is 6.92 Å². The van der Waals surface area contributed by atoms with E-state index < -0.39 is 0 Å². The molecule has 6 nitrogen and oxygen atoms in total. The molecule has 0 amide bonds. The van der Waals surface area contributed by atoms with E-state index in [9.17, 15) is 4.79 Å². The SMILES string of the molecule is CCc1noc(COc2cc(OC)ccc2C(C)=O)n1. The minimum Gasteiger partial charge on any atom is -0.497 e. The molecule has 0 radical (unpaired) electrons. The Bertz CT molecular complexity index is 607. The van der Waals surface area contributed by atoms with E-state index in [2.05, 4.69) is 10.1 Å². The topological polar surface area (TPSA) is 74.5 Å². The van der Waals surface area contributed by atoms with Crippen molar-refractivity contribution >= 4 is 5.78 Å². The number of nitrogens with zero attached hydrogens (tertiary/aromatic N) is 2. The number of carbonyl (C=O) groups is 1. The van der Waals surface area contributed by atoms with Crippen molar-refractivity contribution in [2.45, 2.75) is 26.9 Å². The molecule has 1 aromatic heterocycles. The highest BCUT2D eigenvalue weighted by Crippen LogP contribution is 2.26. The molecule has 6 heteroatoms. The van der Waals surface area contributed by atoms with Gasteiger partial charge in [0.15, 0.2) is 18.2 Å². The Labute approximate surface area is 116 Å². The molecule has 0 atom stereocenters. The van der Waals surface area contributed by atoms with Crippen molar-refractivity contribution in [2.24, 2.45) is 0 Å². The van der Waals surface area contributed by atoms with Gasteiger partial charge >= 0.3 is 0 Å². The number of aryl methyl sites for hydroxylation is 1. The Morgan fingerprint density at radius 3 is 2.80 bits per heavy atom. The summed E-state index contributed by atoms with van der Waals surface area (Å²) in [7, 11) is 1.55. The zero-order valence-electron chi connectivity index (χ0n) is 11.7. The van der Waals surface area contributed by atoms with Crippen LogP contribution in [0.15, 0.2) is 22.7 Å². The number of ketones is 1. The van der Waals surface area contributed by atoms with Crippen molar-refractivity contribution in [2.75, 3.05) is 7.11 Å². The molecule has 0 saturated carbocycles. The van der Waals surface area contributed by atoms with Crippen molar-refractivity contribution in [3.05, 3.63) is 35.5 Å². The lowest BCUT2D eigenvalue weighted by molar-refractivity contribution is 0.101. The summed E-state index contributed by atoms with van der Waals surface area (Å²) in [6.45, 7) is 3.53. The Balaban J connectivity index is 2.16. The Morgan fingerprint density at radius 2 is 2.20 bits per heavy atom. The zero-order valence-corrected chi connectivity index (χ0v) is 11.7. The molecule has 2 rings (SSSR count). The van der Waals surface area contributed by atoms with Crippen LogP contribution in [0.2, 0.25) is 0 Å². The fourth-order valence-corrected chi connectivity index (χ4v) is 1.67. The van der Waals surface area contributed by atoms with Gasteiger partial charge in [-0.05, 0) is 19.1 Å². The van der Waals surface area contributed by atoms with Gasteiger partial charge in [0.1, 0.15) is 11.5 Å². The normalized spacial score (nSPS) is 10.3. The first-order chi connectivity index (χ1) is 9.63. The summed E-state index contributed by atoms with van der Waals surface area (Å²) >= 11 is 0. The van der Waals surface area contributed by atoms with Crippen LogP contribution >= 0.6 is 0 Å².